The average Bonchev–Trinajstić information content (AvgIpc) is 2.56. The number of methoxy groups -OCH3 is 1. The predicted molar refractivity (Wildman–Crippen MR) is 65.9 cm³/mol. The first-order chi connectivity index (χ1) is 8.15. The summed E-state index contributed by atoms with van der Waals surface area (Å²) in [7, 11) is 3.27. The fourth-order valence-electron chi connectivity index (χ4n) is 2.14. The van der Waals surface area contributed by atoms with Crippen molar-refractivity contribution in [3.63, 3.8) is 0 Å². The summed E-state index contributed by atoms with van der Waals surface area (Å²) >= 11 is 0. The Morgan fingerprint density at radius 1 is 1.35 bits per heavy atom. The molecule has 1 fully saturated rings. The Hall–Kier alpha value is -0.810. The van der Waals surface area contributed by atoms with Gasteiger partial charge in [0.15, 0.2) is 0 Å². The second-order valence-electron chi connectivity index (χ2n) is 4.67. The molecule has 1 heterocycles. The monoisotopic (exact) mass is 244 g/mol. The minimum absolute atomic E-state index is 0.0158. The minimum Gasteiger partial charge on any atom is -0.389 e. The van der Waals surface area contributed by atoms with Gasteiger partial charge >= 0.3 is 6.03 Å². The summed E-state index contributed by atoms with van der Waals surface area (Å²) < 4.78 is 4.85. The van der Waals surface area contributed by atoms with Crippen LogP contribution < -0.4 is 0 Å². The van der Waals surface area contributed by atoms with Gasteiger partial charge < -0.3 is 19.6 Å². The molecule has 0 aromatic carbocycles. The molecular weight excluding hydrogens is 220 g/mol. The number of aliphatic hydroxyl groups excluding tert-OH is 1. The number of likely N-dealkylation sites (tertiary alicyclic amines) is 1. The first kappa shape index (κ1) is 14.3. The molecule has 0 radical (unpaired) electrons. The number of carbonyl (C=O) groups is 1. The molecule has 1 rings (SSSR count). The number of amides is 2. The molecule has 0 aromatic rings. The van der Waals surface area contributed by atoms with Gasteiger partial charge in [0.05, 0.1) is 19.3 Å². The van der Waals surface area contributed by atoms with Gasteiger partial charge in [-0.3, -0.25) is 0 Å². The number of rotatable bonds is 4. The van der Waals surface area contributed by atoms with E-state index in [9.17, 15) is 9.90 Å². The fourth-order valence-corrected chi connectivity index (χ4v) is 2.14. The lowest BCUT2D eigenvalue weighted by Gasteiger charge is -2.28. The van der Waals surface area contributed by atoms with Gasteiger partial charge in [-0.15, -0.1) is 0 Å². The van der Waals surface area contributed by atoms with E-state index in [1.807, 2.05) is 4.90 Å². The molecule has 1 N–H and O–H groups in total. The fraction of sp³-hybridized carbons (Fsp3) is 0.917. The van der Waals surface area contributed by atoms with Gasteiger partial charge in [0, 0.05) is 27.2 Å². The van der Waals surface area contributed by atoms with Gasteiger partial charge in [-0.2, -0.15) is 0 Å². The van der Waals surface area contributed by atoms with Crippen LogP contribution in [0.4, 0.5) is 4.79 Å². The molecule has 1 unspecified atom stereocenters. The van der Waals surface area contributed by atoms with E-state index in [0.29, 0.717) is 6.54 Å². The van der Waals surface area contributed by atoms with Crippen LogP contribution in [0.15, 0.2) is 0 Å². The van der Waals surface area contributed by atoms with E-state index >= 15 is 0 Å². The molecule has 1 saturated heterocycles. The Morgan fingerprint density at radius 2 is 1.94 bits per heavy atom. The van der Waals surface area contributed by atoms with E-state index in [4.69, 9.17) is 4.74 Å². The van der Waals surface area contributed by atoms with Crippen molar-refractivity contribution in [1.82, 2.24) is 9.80 Å². The Kier molecular flexibility index (Phi) is 6.29. The molecule has 1 aliphatic heterocycles. The number of nitrogens with zero attached hydrogens (tertiary/aromatic N) is 2. The van der Waals surface area contributed by atoms with Crippen LogP contribution in [0.5, 0.6) is 0 Å². The van der Waals surface area contributed by atoms with Crippen LogP contribution >= 0.6 is 0 Å². The van der Waals surface area contributed by atoms with Gasteiger partial charge in [0.2, 0.25) is 0 Å². The van der Waals surface area contributed by atoms with Crippen molar-refractivity contribution in [2.24, 2.45) is 0 Å². The first-order valence-corrected chi connectivity index (χ1v) is 6.32. The van der Waals surface area contributed by atoms with E-state index in [2.05, 4.69) is 0 Å². The lowest BCUT2D eigenvalue weighted by molar-refractivity contribution is 0.0453. The molecule has 0 spiro atoms. The quantitative estimate of drug-likeness (QED) is 0.800. The highest BCUT2D eigenvalue weighted by Crippen LogP contribution is 2.11. The normalized spacial score (nSPS) is 18.6. The van der Waals surface area contributed by atoms with Crippen LogP contribution in [0.2, 0.25) is 0 Å². The third-order valence-corrected chi connectivity index (χ3v) is 3.05. The highest BCUT2D eigenvalue weighted by molar-refractivity contribution is 5.74. The van der Waals surface area contributed by atoms with Gasteiger partial charge in [0.25, 0.3) is 0 Å². The molecule has 2 amide bonds. The molecule has 0 saturated carbocycles. The molecule has 1 atom stereocenters. The van der Waals surface area contributed by atoms with Gasteiger partial charge in [-0.1, -0.05) is 12.8 Å². The summed E-state index contributed by atoms with van der Waals surface area (Å²) in [5.41, 5.74) is 0. The van der Waals surface area contributed by atoms with Crippen molar-refractivity contribution in [3.8, 4) is 0 Å². The summed E-state index contributed by atoms with van der Waals surface area (Å²) in [6.07, 6.45) is 3.97. The molecule has 0 aliphatic carbocycles. The van der Waals surface area contributed by atoms with E-state index < -0.39 is 6.10 Å². The van der Waals surface area contributed by atoms with Crippen molar-refractivity contribution in [2.45, 2.75) is 31.8 Å². The van der Waals surface area contributed by atoms with Crippen LogP contribution in [0, 0.1) is 0 Å². The second-order valence-corrected chi connectivity index (χ2v) is 4.67. The molecule has 0 aromatic heterocycles. The molecule has 5 heteroatoms. The molecular formula is C12H24N2O3. The van der Waals surface area contributed by atoms with E-state index in [-0.39, 0.29) is 12.6 Å². The third kappa shape index (κ3) is 4.91. The Balaban J connectivity index is 2.38. The zero-order valence-corrected chi connectivity index (χ0v) is 10.9. The number of carbonyl (C=O) groups excluding carboxylic acids is 1. The first-order valence-electron chi connectivity index (χ1n) is 6.32. The SMILES string of the molecule is COCC(O)CN(C)C(=O)N1CCCCCC1. The second kappa shape index (κ2) is 7.50. The van der Waals surface area contributed by atoms with Crippen LogP contribution in [0.25, 0.3) is 0 Å². The number of aliphatic hydroxyl groups is 1. The Bertz CT molecular complexity index is 228. The van der Waals surface area contributed by atoms with E-state index in [1.165, 1.54) is 12.8 Å². The average molecular weight is 244 g/mol. The van der Waals surface area contributed by atoms with Crippen molar-refractivity contribution < 1.29 is 14.6 Å². The maximum absolute atomic E-state index is 12.1. The lowest BCUT2D eigenvalue weighted by Crippen LogP contribution is -2.45. The number of hydrogen-bond donors (Lipinski definition) is 1. The van der Waals surface area contributed by atoms with Crippen molar-refractivity contribution in [1.29, 1.82) is 0 Å². The number of urea groups is 1. The number of likely N-dealkylation sites (N-methyl/N-ethyl adjacent to an activating group) is 1. The van der Waals surface area contributed by atoms with Crippen molar-refractivity contribution >= 4 is 6.03 Å². The van der Waals surface area contributed by atoms with E-state index in [1.54, 1.807) is 19.1 Å². The highest BCUT2D eigenvalue weighted by atomic mass is 16.5. The minimum atomic E-state index is -0.610. The Morgan fingerprint density at radius 3 is 2.47 bits per heavy atom. The standard InChI is InChI=1S/C12H24N2O3/c1-13(9-11(15)10-17-2)12(16)14-7-5-3-4-6-8-14/h11,15H,3-10H2,1-2H3. The number of ether oxygens (including phenoxy) is 1. The van der Waals surface area contributed by atoms with Gasteiger partial charge in [-0.25, -0.2) is 4.79 Å². The van der Waals surface area contributed by atoms with Crippen LogP contribution in [0.3, 0.4) is 0 Å². The van der Waals surface area contributed by atoms with Gasteiger partial charge in [-0.05, 0) is 12.8 Å². The zero-order chi connectivity index (χ0) is 12.7. The van der Waals surface area contributed by atoms with Crippen LogP contribution in [-0.2, 0) is 4.74 Å². The highest BCUT2D eigenvalue weighted by Gasteiger charge is 2.20. The summed E-state index contributed by atoms with van der Waals surface area (Å²) in [5, 5.41) is 9.58. The van der Waals surface area contributed by atoms with Crippen molar-refractivity contribution in [2.75, 3.05) is 40.4 Å². The largest absolute Gasteiger partial charge is 0.389 e. The molecule has 0 bridgehead atoms. The van der Waals surface area contributed by atoms with Gasteiger partial charge in [0.1, 0.15) is 0 Å². The molecule has 100 valence electrons. The van der Waals surface area contributed by atoms with Crippen molar-refractivity contribution in [3.05, 3.63) is 0 Å². The molecule has 1 aliphatic rings. The van der Waals surface area contributed by atoms with Crippen LogP contribution in [0.1, 0.15) is 25.7 Å². The Labute approximate surface area is 103 Å². The summed E-state index contributed by atoms with van der Waals surface area (Å²) in [5.74, 6) is 0. The summed E-state index contributed by atoms with van der Waals surface area (Å²) in [4.78, 5) is 15.6. The summed E-state index contributed by atoms with van der Waals surface area (Å²) in [6, 6.07) is 0.0158. The third-order valence-electron chi connectivity index (χ3n) is 3.05. The zero-order valence-electron chi connectivity index (χ0n) is 10.9. The van der Waals surface area contributed by atoms with Crippen LogP contribution in [-0.4, -0.2) is 67.4 Å². The maximum Gasteiger partial charge on any atom is 0.319 e. The topological polar surface area (TPSA) is 53.0 Å². The maximum atomic E-state index is 12.1. The lowest BCUT2D eigenvalue weighted by atomic mass is 10.2. The summed E-state index contributed by atoms with van der Waals surface area (Å²) in [6.45, 7) is 2.26. The number of hydrogen-bond acceptors (Lipinski definition) is 3. The smallest absolute Gasteiger partial charge is 0.319 e. The molecule has 5 nitrogen and oxygen atoms in total. The van der Waals surface area contributed by atoms with E-state index in [0.717, 1.165) is 25.9 Å². The predicted octanol–water partition coefficient (Wildman–Crippen LogP) is 0.921. The molecule has 17 heavy (non-hydrogen) atoms.